The largest absolute Gasteiger partial charge is 0.352 e. The third kappa shape index (κ3) is 2.62. The van der Waals surface area contributed by atoms with Gasteiger partial charge in [-0.25, -0.2) is 0 Å². The van der Waals surface area contributed by atoms with Crippen LogP contribution >= 0.6 is 0 Å². The van der Waals surface area contributed by atoms with E-state index in [1.54, 1.807) is 31.0 Å². The summed E-state index contributed by atoms with van der Waals surface area (Å²) in [7, 11) is 0. The lowest BCUT2D eigenvalue weighted by atomic mass is 10.1. The molecule has 0 atom stereocenters. The number of pyridine rings is 3. The number of hydrogen-bond donors (Lipinski definition) is 2. The summed E-state index contributed by atoms with van der Waals surface area (Å²) in [4.78, 5) is 25.2. The van der Waals surface area contributed by atoms with Crippen LogP contribution in [-0.2, 0) is 0 Å². The number of nitrogens with zero attached hydrogens (tertiary/aromatic N) is 6. The molecule has 142 valence electrons. The summed E-state index contributed by atoms with van der Waals surface area (Å²) < 4.78 is 0. The Morgan fingerprint density at radius 3 is 2.50 bits per heavy atom. The van der Waals surface area contributed by atoms with Crippen LogP contribution in [0.15, 0.2) is 73.7 Å². The number of fused-ring (bicyclic) bond motifs is 2. The fourth-order valence-corrected chi connectivity index (χ4v) is 3.60. The summed E-state index contributed by atoms with van der Waals surface area (Å²) in [5.41, 5.74) is 6.76. The van der Waals surface area contributed by atoms with Crippen molar-refractivity contribution in [2.24, 2.45) is 0 Å². The van der Waals surface area contributed by atoms with Crippen LogP contribution in [0, 0.1) is 0 Å². The Kier molecular flexibility index (Phi) is 3.60. The molecule has 0 saturated carbocycles. The highest BCUT2D eigenvalue weighted by Crippen LogP contribution is 2.33. The average molecular weight is 390 g/mol. The van der Waals surface area contributed by atoms with E-state index in [2.05, 4.69) is 46.2 Å². The van der Waals surface area contributed by atoms with Crippen molar-refractivity contribution in [1.29, 1.82) is 0 Å². The molecule has 0 saturated heterocycles. The molecule has 0 aliphatic carbocycles. The number of rotatable bonds is 3. The van der Waals surface area contributed by atoms with E-state index in [1.807, 2.05) is 36.7 Å². The van der Waals surface area contributed by atoms with Crippen molar-refractivity contribution in [3.05, 3.63) is 73.7 Å². The topological polar surface area (TPSA) is 109 Å². The maximum Gasteiger partial charge on any atom is 0.116 e. The molecule has 8 nitrogen and oxygen atoms in total. The van der Waals surface area contributed by atoms with E-state index in [0.717, 1.165) is 50.1 Å². The summed E-state index contributed by atoms with van der Waals surface area (Å²) in [6.45, 7) is 0. The van der Waals surface area contributed by atoms with Crippen molar-refractivity contribution >= 4 is 21.8 Å². The van der Waals surface area contributed by atoms with E-state index in [1.165, 1.54) is 0 Å². The Hall–Kier alpha value is -4.46. The summed E-state index contributed by atoms with van der Waals surface area (Å²) in [6.07, 6.45) is 12.2. The average Bonchev–Trinajstić information content (AvgIpc) is 3.43. The van der Waals surface area contributed by atoms with Gasteiger partial charge in [-0.15, -0.1) is 0 Å². The monoisotopic (exact) mass is 390 g/mol. The molecule has 0 amide bonds. The predicted octanol–water partition coefficient (Wildman–Crippen LogP) is 4.02. The summed E-state index contributed by atoms with van der Waals surface area (Å²) in [5.74, 6) is 0. The lowest BCUT2D eigenvalue weighted by molar-refractivity contribution is 1.11. The Balaban J connectivity index is 1.52. The molecule has 0 spiro atoms. The molecule has 30 heavy (non-hydrogen) atoms. The van der Waals surface area contributed by atoms with E-state index >= 15 is 0 Å². The minimum Gasteiger partial charge on any atom is -0.352 e. The zero-order chi connectivity index (χ0) is 19.9. The van der Waals surface area contributed by atoms with Gasteiger partial charge in [0.2, 0.25) is 0 Å². The smallest absolute Gasteiger partial charge is 0.116 e. The molecule has 0 aromatic carbocycles. The van der Waals surface area contributed by atoms with Gasteiger partial charge in [0.15, 0.2) is 0 Å². The first-order valence-corrected chi connectivity index (χ1v) is 9.36. The Labute approximate surface area is 170 Å². The standard InChI is InChI=1S/C22H14N8/c1-2-4-25-16(3-1)15-9-24-10-19-13(15)7-18(28-19)22-14-8-17(21-11-23-5-6-26-21)27-12-20(14)29-30-22/h1-12,28H,(H,29,30). The molecule has 0 aliphatic rings. The molecule has 6 aromatic rings. The van der Waals surface area contributed by atoms with E-state index in [9.17, 15) is 0 Å². The molecule has 2 N–H and O–H groups in total. The van der Waals surface area contributed by atoms with Gasteiger partial charge in [0.1, 0.15) is 11.4 Å². The maximum atomic E-state index is 4.53. The first kappa shape index (κ1) is 16.5. The Bertz CT molecular complexity index is 1490. The van der Waals surface area contributed by atoms with Gasteiger partial charge in [0.05, 0.1) is 46.7 Å². The minimum atomic E-state index is 0.713. The summed E-state index contributed by atoms with van der Waals surface area (Å²) >= 11 is 0. The molecule has 6 rings (SSSR count). The molecule has 6 aromatic heterocycles. The highest BCUT2D eigenvalue weighted by Gasteiger charge is 2.15. The van der Waals surface area contributed by atoms with E-state index in [0.29, 0.717) is 5.69 Å². The molecule has 0 fully saturated rings. The molecular weight excluding hydrogens is 376 g/mol. The van der Waals surface area contributed by atoms with Gasteiger partial charge in [-0.05, 0) is 24.3 Å². The van der Waals surface area contributed by atoms with Gasteiger partial charge in [-0.2, -0.15) is 5.10 Å². The van der Waals surface area contributed by atoms with Gasteiger partial charge in [0.25, 0.3) is 0 Å². The Morgan fingerprint density at radius 2 is 1.63 bits per heavy atom. The number of aromatic amines is 2. The molecule has 0 aliphatic heterocycles. The number of H-pyrrole nitrogens is 2. The van der Waals surface area contributed by atoms with E-state index < -0.39 is 0 Å². The molecule has 0 radical (unpaired) electrons. The highest BCUT2D eigenvalue weighted by molar-refractivity contribution is 6.00. The van der Waals surface area contributed by atoms with E-state index in [4.69, 9.17) is 0 Å². The van der Waals surface area contributed by atoms with Crippen LogP contribution in [0.5, 0.6) is 0 Å². The Morgan fingerprint density at radius 1 is 0.667 bits per heavy atom. The van der Waals surface area contributed by atoms with Crippen molar-refractivity contribution in [3.63, 3.8) is 0 Å². The first-order valence-electron chi connectivity index (χ1n) is 9.36. The molecular formula is C22H14N8. The first-order chi connectivity index (χ1) is 14.9. The maximum absolute atomic E-state index is 4.53. The highest BCUT2D eigenvalue weighted by atomic mass is 15.1. The zero-order valence-electron chi connectivity index (χ0n) is 15.6. The molecule has 0 bridgehead atoms. The summed E-state index contributed by atoms with van der Waals surface area (Å²) in [6, 6.07) is 9.90. The van der Waals surface area contributed by atoms with Crippen LogP contribution in [0.1, 0.15) is 0 Å². The predicted molar refractivity (Wildman–Crippen MR) is 113 cm³/mol. The number of nitrogens with one attached hydrogen (secondary N) is 2. The van der Waals surface area contributed by atoms with Crippen LogP contribution in [0.4, 0.5) is 0 Å². The van der Waals surface area contributed by atoms with Gasteiger partial charge < -0.3 is 4.98 Å². The normalized spacial score (nSPS) is 11.3. The van der Waals surface area contributed by atoms with Crippen molar-refractivity contribution in [2.45, 2.75) is 0 Å². The SMILES string of the molecule is c1ccc(-c2cncc3[nH]c(-c4n[nH]c5cnc(-c6cnccn6)cc45)cc23)nc1. The second kappa shape index (κ2) is 6.56. The quantitative estimate of drug-likeness (QED) is 0.472. The third-order valence-corrected chi connectivity index (χ3v) is 5.01. The second-order valence-electron chi connectivity index (χ2n) is 6.82. The van der Waals surface area contributed by atoms with Crippen LogP contribution in [0.3, 0.4) is 0 Å². The summed E-state index contributed by atoms with van der Waals surface area (Å²) in [5, 5.41) is 9.58. The van der Waals surface area contributed by atoms with Crippen molar-refractivity contribution in [2.75, 3.05) is 0 Å². The third-order valence-electron chi connectivity index (χ3n) is 5.01. The molecule has 0 unspecified atom stereocenters. The van der Waals surface area contributed by atoms with Gasteiger partial charge in [-0.1, -0.05) is 6.07 Å². The number of hydrogen-bond acceptors (Lipinski definition) is 6. The molecule has 8 heteroatoms. The van der Waals surface area contributed by atoms with Crippen LogP contribution in [0.2, 0.25) is 0 Å². The van der Waals surface area contributed by atoms with Crippen molar-refractivity contribution in [3.8, 4) is 34.0 Å². The molecule has 6 heterocycles. The van der Waals surface area contributed by atoms with Crippen molar-refractivity contribution < 1.29 is 0 Å². The van der Waals surface area contributed by atoms with Gasteiger partial charge >= 0.3 is 0 Å². The van der Waals surface area contributed by atoms with Crippen LogP contribution in [0.25, 0.3) is 55.8 Å². The lowest BCUT2D eigenvalue weighted by Crippen LogP contribution is -1.88. The van der Waals surface area contributed by atoms with Gasteiger partial charge in [-0.3, -0.25) is 30.0 Å². The van der Waals surface area contributed by atoms with Crippen LogP contribution < -0.4 is 0 Å². The lowest BCUT2D eigenvalue weighted by Gasteiger charge is -2.00. The second-order valence-corrected chi connectivity index (χ2v) is 6.82. The fourth-order valence-electron chi connectivity index (χ4n) is 3.60. The fraction of sp³-hybridized carbons (Fsp3) is 0. The van der Waals surface area contributed by atoms with Crippen molar-refractivity contribution in [1.82, 2.24) is 40.1 Å². The number of aromatic nitrogens is 8. The zero-order valence-corrected chi connectivity index (χ0v) is 15.6. The van der Waals surface area contributed by atoms with E-state index in [-0.39, 0.29) is 0 Å². The minimum absolute atomic E-state index is 0.713. The van der Waals surface area contributed by atoms with Crippen LogP contribution in [-0.4, -0.2) is 40.1 Å². The van der Waals surface area contributed by atoms with Gasteiger partial charge in [0, 0.05) is 41.1 Å².